The monoisotopic (exact) mass is 403 g/mol. The maximum Gasteiger partial charge on any atom is 0.337 e. The molecule has 0 bridgehead atoms. The number of carbonyl (C=O) groups excluding carboxylic acids is 2. The molecule has 30 heavy (non-hydrogen) atoms. The number of nitrogens with zero attached hydrogens (tertiary/aromatic N) is 1. The molecule has 1 atom stereocenters. The molecule has 154 valence electrons. The number of rotatable bonds is 6. The van der Waals surface area contributed by atoms with Crippen LogP contribution in [-0.4, -0.2) is 19.0 Å². The van der Waals surface area contributed by atoms with Gasteiger partial charge in [-0.15, -0.1) is 0 Å². The van der Waals surface area contributed by atoms with Crippen LogP contribution in [0.5, 0.6) is 0 Å². The zero-order valence-electron chi connectivity index (χ0n) is 17.2. The van der Waals surface area contributed by atoms with Crippen molar-refractivity contribution in [2.45, 2.75) is 38.6 Å². The largest absolute Gasteiger partial charge is 0.465 e. The van der Waals surface area contributed by atoms with Crippen LogP contribution in [0.1, 0.15) is 52.9 Å². The normalized spacial score (nSPS) is 14.1. The number of fused-ring (bicyclic) bond motifs is 1. The van der Waals surface area contributed by atoms with Crippen LogP contribution < -0.4 is 10.6 Å². The Morgan fingerprint density at radius 2 is 1.80 bits per heavy atom. The molecule has 0 spiro atoms. The Morgan fingerprint density at radius 1 is 1.10 bits per heavy atom. The van der Waals surface area contributed by atoms with Crippen LogP contribution in [0.2, 0.25) is 0 Å². The van der Waals surface area contributed by atoms with Crippen molar-refractivity contribution in [1.82, 2.24) is 5.32 Å². The van der Waals surface area contributed by atoms with Crippen molar-refractivity contribution < 1.29 is 14.3 Å². The van der Waals surface area contributed by atoms with Gasteiger partial charge < -0.3 is 15.4 Å². The van der Waals surface area contributed by atoms with Gasteiger partial charge in [0, 0.05) is 11.9 Å². The maximum atomic E-state index is 12.5. The topological polar surface area (TPSA) is 91.2 Å². The molecule has 6 nitrogen and oxygen atoms in total. The molecule has 6 heteroatoms. The lowest BCUT2D eigenvalue weighted by molar-refractivity contribution is -0.117. The first kappa shape index (κ1) is 21.1. The van der Waals surface area contributed by atoms with E-state index in [1.165, 1.54) is 37.3 Å². The molecule has 1 aliphatic rings. The van der Waals surface area contributed by atoms with Crippen LogP contribution >= 0.6 is 0 Å². The van der Waals surface area contributed by atoms with E-state index in [2.05, 4.69) is 27.5 Å². The summed E-state index contributed by atoms with van der Waals surface area (Å²) in [7, 11) is 1.32. The second kappa shape index (κ2) is 9.75. The molecule has 0 saturated heterocycles. The second-order valence-electron chi connectivity index (χ2n) is 7.31. The molecule has 0 fully saturated rings. The van der Waals surface area contributed by atoms with Gasteiger partial charge >= 0.3 is 5.97 Å². The number of carbonyl (C=O) groups is 2. The quantitative estimate of drug-likeness (QED) is 0.431. The summed E-state index contributed by atoms with van der Waals surface area (Å²) in [5.74, 6) is -0.869. The molecule has 1 aliphatic carbocycles. The second-order valence-corrected chi connectivity index (χ2v) is 7.31. The zero-order valence-corrected chi connectivity index (χ0v) is 17.2. The minimum Gasteiger partial charge on any atom is -0.465 e. The van der Waals surface area contributed by atoms with Crippen molar-refractivity contribution in [3.8, 4) is 6.07 Å². The highest BCUT2D eigenvalue weighted by Gasteiger charge is 2.16. The van der Waals surface area contributed by atoms with Gasteiger partial charge in [-0.3, -0.25) is 4.79 Å². The third-order valence-corrected chi connectivity index (χ3v) is 5.27. The highest BCUT2D eigenvalue weighted by molar-refractivity contribution is 5.97. The summed E-state index contributed by atoms with van der Waals surface area (Å²) in [6, 6.07) is 14.6. The molecule has 1 unspecified atom stereocenters. The summed E-state index contributed by atoms with van der Waals surface area (Å²) in [6.45, 7) is 1.91. The predicted molar refractivity (Wildman–Crippen MR) is 115 cm³/mol. The van der Waals surface area contributed by atoms with E-state index in [1.807, 2.05) is 19.1 Å². The van der Waals surface area contributed by atoms with Crippen LogP contribution in [0.25, 0.3) is 0 Å². The standard InChI is InChI=1S/C24H25N3O3/c1-16(19-8-7-17-5-3-4-6-20(17)13-19)27-23(28)21(14-25)15-26-22-11-9-18(10-12-22)24(29)30-2/h7-13,15-16,26H,3-6H2,1-2H3,(H,27,28)/b21-15-. The number of amides is 1. The number of methoxy groups -OCH3 is 1. The van der Waals surface area contributed by atoms with Gasteiger partial charge in [-0.25, -0.2) is 4.79 Å². The van der Waals surface area contributed by atoms with Gasteiger partial charge in [0.2, 0.25) is 0 Å². The van der Waals surface area contributed by atoms with Crippen molar-refractivity contribution in [2.75, 3.05) is 12.4 Å². The lowest BCUT2D eigenvalue weighted by atomic mass is 9.89. The highest BCUT2D eigenvalue weighted by Crippen LogP contribution is 2.25. The SMILES string of the molecule is COC(=O)c1ccc(N/C=C(/C#N)C(=O)NC(C)c2ccc3c(c2)CCCC3)cc1. The minimum absolute atomic E-state index is 0.0307. The highest BCUT2D eigenvalue weighted by atomic mass is 16.5. The van der Waals surface area contributed by atoms with Crippen molar-refractivity contribution in [3.05, 3.63) is 76.5 Å². The number of hydrogen-bond donors (Lipinski definition) is 2. The summed E-state index contributed by atoms with van der Waals surface area (Å²) in [5, 5.41) is 15.2. The fraction of sp³-hybridized carbons (Fsp3) is 0.292. The van der Waals surface area contributed by atoms with Crippen LogP contribution in [0.3, 0.4) is 0 Å². The van der Waals surface area contributed by atoms with Gasteiger partial charge in [0.25, 0.3) is 5.91 Å². The molecule has 1 amide bonds. The van der Waals surface area contributed by atoms with Gasteiger partial charge in [0.1, 0.15) is 11.6 Å². The van der Waals surface area contributed by atoms with Gasteiger partial charge in [-0.05, 0) is 73.6 Å². The Labute approximate surface area is 176 Å². The number of ether oxygens (including phenoxy) is 1. The average Bonchev–Trinajstić information content (AvgIpc) is 2.79. The van der Waals surface area contributed by atoms with E-state index < -0.39 is 11.9 Å². The minimum atomic E-state index is -0.443. The van der Waals surface area contributed by atoms with Gasteiger partial charge in [0.15, 0.2) is 0 Å². The smallest absolute Gasteiger partial charge is 0.337 e. The Hall–Kier alpha value is -3.59. The molecule has 3 rings (SSSR count). The van der Waals surface area contributed by atoms with Crippen molar-refractivity contribution in [2.24, 2.45) is 0 Å². The summed E-state index contributed by atoms with van der Waals surface area (Å²) in [6.07, 6.45) is 5.98. The van der Waals surface area contributed by atoms with E-state index in [9.17, 15) is 14.9 Å². The van der Waals surface area contributed by atoms with Crippen LogP contribution in [0.15, 0.2) is 54.2 Å². The van der Waals surface area contributed by atoms with Crippen molar-refractivity contribution >= 4 is 17.6 Å². The molecular formula is C24H25N3O3. The Bertz CT molecular complexity index is 1000. The summed E-state index contributed by atoms with van der Waals surface area (Å²) >= 11 is 0. The first-order chi connectivity index (χ1) is 14.5. The van der Waals surface area contributed by atoms with E-state index in [1.54, 1.807) is 24.3 Å². The van der Waals surface area contributed by atoms with Crippen molar-refractivity contribution in [3.63, 3.8) is 0 Å². The molecular weight excluding hydrogens is 378 g/mol. The average molecular weight is 403 g/mol. The maximum absolute atomic E-state index is 12.5. The van der Waals surface area contributed by atoms with E-state index in [0.717, 1.165) is 18.4 Å². The molecule has 2 aromatic rings. The first-order valence-electron chi connectivity index (χ1n) is 9.99. The summed E-state index contributed by atoms with van der Waals surface area (Å²) in [4.78, 5) is 24.0. The summed E-state index contributed by atoms with van der Waals surface area (Å²) < 4.78 is 4.66. The lowest BCUT2D eigenvalue weighted by Crippen LogP contribution is -2.28. The van der Waals surface area contributed by atoms with Gasteiger partial charge in [0.05, 0.1) is 18.7 Å². The molecule has 0 aromatic heterocycles. The number of benzene rings is 2. The van der Waals surface area contributed by atoms with Crippen LogP contribution in [0, 0.1) is 11.3 Å². The van der Waals surface area contributed by atoms with E-state index in [0.29, 0.717) is 11.3 Å². The van der Waals surface area contributed by atoms with Crippen LogP contribution in [-0.2, 0) is 22.4 Å². The molecule has 0 heterocycles. The fourth-order valence-corrected chi connectivity index (χ4v) is 3.50. The lowest BCUT2D eigenvalue weighted by Gasteiger charge is -2.20. The van der Waals surface area contributed by atoms with Crippen LogP contribution in [0.4, 0.5) is 5.69 Å². The third kappa shape index (κ3) is 5.06. The fourth-order valence-electron chi connectivity index (χ4n) is 3.50. The molecule has 2 aromatic carbocycles. The number of esters is 1. The number of hydrogen-bond acceptors (Lipinski definition) is 5. The Balaban J connectivity index is 1.64. The summed E-state index contributed by atoms with van der Waals surface area (Å²) in [5.41, 5.74) is 4.82. The van der Waals surface area contributed by atoms with Gasteiger partial charge in [-0.2, -0.15) is 5.26 Å². The number of nitrogens with one attached hydrogen (secondary N) is 2. The number of aryl methyl sites for hydroxylation is 2. The molecule has 0 saturated carbocycles. The van der Waals surface area contributed by atoms with E-state index in [4.69, 9.17) is 0 Å². The van der Waals surface area contributed by atoms with Gasteiger partial charge in [-0.1, -0.05) is 18.2 Å². The number of nitriles is 1. The Kier molecular flexibility index (Phi) is 6.87. The third-order valence-electron chi connectivity index (χ3n) is 5.27. The first-order valence-corrected chi connectivity index (χ1v) is 9.99. The molecule has 2 N–H and O–H groups in total. The molecule has 0 radical (unpaired) electrons. The zero-order chi connectivity index (χ0) is 21.5. The predicted octanol–water partition coefficient (Wildman–Crippen LogP) is 4.05. The molecule has 0 aliphatic heterocycles. The van der Waals surface area contributed by atoms with Crippen molar-refractivity contribution in [1.29, 1.82) is 5.26 Å². The van der Waals surface area contributed by atoms with E-state index >= 15 is 0 Å². The Morgan fingerprint density at radius 3 is 2.47 bits per heavy atom. The number of anilines is 1. The van der Waals surface area contributed by atoms with E-state index in [-0.39, 0.29) is 11.6 Å².